The van der Waals surface area contributed by atoms with Crippen LogP contribution in [-0.4, -0.2) is 20.2 Å². The third kappa shape index (κ3) is 6.20. The molecule has 0 aliphatic rings. The predicted molar refractivity (Wildman–Crippen MR) is 79.6 cm³/mol. The normalized spacial score (nSPS) is 10.6. The fraction of sp³-hybridized carbons (Fsp3) is 0.467. The zero-order valence-corrected chi connectivity index (χ0v) is 16.1. The molecule has 1 aromatic rings. The molecular formula is C15H21NaO5S. The van der Waals surface area contributed by atoms with E-state index in [1.165, 1.54) is 18.2 Å². The van der Waals surface area contributed by atoms with Gasteiger partial charge in [-0.2, -0.15) is 8.42 Å². The largest absolute Gasteiger partial charge is 1.00 e. The Morgan fingerprint density at radius 1 is 1.14 bits per heavy atom. The SMILES string of the molecule is CCCCCC(=O)OS(=O)(=O)c1ccccc1C(=O)CC.[H-].[Na+]. The average Bonchev–Trinajstić information content (AvgIpc) is 2.46. The van der Waals surface area contributed by atoms with Gasteiger partial charge in [0.1, 0.15) is 4.90 Å². The maximum absolute atomic E-state index is 12.1. The summed E-state index contributed by atoms with van der Waals surface area (Å²) in [5.41, 5.74) is 0.0568. The van der Waals surface area contributed by atoms with Gasteiger partial charge in [0.15, 0.2) is 5.78 Å². The molecule has 118 valence electrons. The van der Waals surface area contributed by atoms with Crippen LogP contribution in [0.15, 0.2) is 29.2 Å². The average molecular weight is 336 g/mol. The van der Waals surface area contributed by atoms with E-state index >= 15 is 0 Å². The molecule has 0 N–H and O–H groups in total. The molecular weight excluding hydrogens is 315 g/mol. The predicted octanol–water partition coefficient (Wildman–Crippen LogP) is 0.208. The second kappa shape index (κ2) is 10.2. The summed E-state index contributed by atoms with van der Waals surface area (Å²) in [5.74, 6) is -1.10. The molecule has 0 aliphatic carbocycles. The van der Waals surface area contributed by atoms with E-state index in [0.717, 1.165) is 12.8 Å². The molecule has 0 saturated carbocycles. The Hall–Kier alpha value is -0.690. The molecule has 7 heteroatoms. The van der Waals surface area contributed by atoms with Crippen molar-refractivity contribution in [2.24, 2.45) is 0 Å². The van der Waals surface area contributed by atoms with E-state index in [-0.39, 0.29) is 60.1 Å². The second-order valence-corrected chi connectivity index (χ2v) is 6.15. The van der Waals surface area contributed by atoms with Crippen molar-refractivity contribution in [2.75, 3.05) is 0 Å². The van der Waals surface area contributed by atoms with Crippen molar-refractivity contribution in [1.82, 2.24) is 0 Å². The van der Waals surface area contributed by atoms with Crippen molar-refractivity contribution in [2.45, 2.75) is 50.8 Å². The minimum Gasteiger partial charge on any atom is -1.00 e. The van der Waals surface area contributed by atoms with Crippen LogP contribution in [0, 0.1) is 0 Å². The molecule has 0 aliphatic heterocycles. The molecule has 1 rings (SSSR count). The topological polar surface area (TPSA) is 77.5 Å². The molecule has 0 heterocycles. The fourth-order valence-electron chi connectivity index (χ4n) is 1.83. The van der Waals surface area contributed by atoms with Crippen molar-refractivity contribution in [3.63, 3.8) is 0 Å². The van der Waals surface area contributed by atoms with Crippen LogP contribution in [0.1, 0.15) is 57.7 Å². The van der Waals surface area contributed by atoms with E-state index in [2.05, 4.69) is 4.18 Å². The first-order valence-electron chi connectivity index (χ1n) is 7.02. The summed E-state index contributed by atoms with van der Waals surface area (Å²) in [7, 11) is -4.25. The molecule has 0 radical (unpaired) electrons. The minimum absolute atomic E-state index is 0. The molecule has 1 aromatic carbocycles. The van der Waals surface area contributed by atoms with Gasteiger partial charge in [0.05, 0.1) is 0 Å². The summed E-state index contributed by atoms with van der Waals surface area (Å²) in [6, 6.07) is 5.76. The number of ketones is 1. The van der Waals surface area contributed by atoms with Gasteiger partial charge >= 0.3 is 45.6 Å². The molecule has 5 nitrogen and oxygen atoms in total. The number of unbranched alkanes of at least 4 members (excludes halogenated alkanes) is 2. The molecule has 0 spiro atoms. The maximum Gasteiger partial charge on any atom is 1.00 e. The standard InChI is InChI=1S/C15H20O5S.Na.H/c1-3-5-6-11-15(17)20-21(18,19)14-10-8-7-9-12(14)13(16)4-2;;/h7-10H,3-6,11H2,1-2H3;;/q;+1;-1. The zero-order chi connectivity index (χ0) is 15.9. The number of carbonyl (C=O) groups excluding carboxylic acids is 2. The Labute approximate surface area is 155 Å². The van der Waals surface area contributed by atoms with Gasteiger partial charge in [-0.15, -0.1) is 0 Å². The number of carbonyl (C=O) groups is 2. The number of hydrogen-bond donors (Lipinski definition) is 0. The van der Waals surface area contributed by atoms with Crippen LogP contribution < -0.4 is 29.6 Å². The van der Waals surface area contributed by atoms with Crippen LogP contribution in [0.4, 0.5) is 0 Å². The fourth-order valence-corrected chi connectivity index (χ4v) is 2.95. The van der Waals surface area contributed by atoms with Gasteiger partial charge in [-0.05, 0) is 18.6 Å². The Morgan fingerprint density at radius 2 is 1.77 bits per heavy atom. The molecule has 0 bridgehead atoms. The summed E-state index contributed by atoms with van der Waals surface area (Å²) >= 11 is 0. The van der Waals surface area contributed by atoms with Crippen molar-refractivity contribution in [3.8, 4) is 0 Å². The maximum atomic E-state index is 12.1. The number of hydrogen-bond acceptors (Lipinski definition) is 5. The van der Waals surface area contributed by atoms with E-state index in [1.807, 2.05) is 6.92 Å². The van der Waals surface area contributed by atoms with Gasteiger partial charge in [-0.1, -0.05) is 38.8 Å². The van der Waals surface area contributed by atoms with Gasteiger partial charge in [-0.3, -0.25) is 9.59 Å². The smallest absolute Gasteiger partial charge is 1.00 e. The van der Waals surface area contributed by atoms with Crippen molar-refractivity contribution in [1.29, 1.82) is 0 Å². The summed E-state index contributed by atoms with van der Waals surface area (Å²) < 4.78 is 28.8. The van der Waals surface area contributed by atoms with Gasteiger partial charge in [-0.25, -0.2) is 0 Å². The van der Waals surface area contributed by atoms with E-state index in [1.54, 1.807) is 13.0 Å². The molecule has 0 fully saturated rings. The first-order chi connectivity index (χ1) is 9.92. The minimum atomic E-state index is -4.25. The van der Waals surface area contributed by atoms with Crippen LogP contribution in [-0.2, 0) is 19.1 Å². The number of benzene rings is 1. The van der Waals surface area contributed by atoms with E-state index in [9.17, 15) is 18.0 Å². The summed E-state index contributed by atoms with van der Waals surface area (Å²) in [6.45, 7) is 3.62. The third-order valence-electron chi connectivity index (χ3n) is 2.97. The second-order valence-electron chi connectivity index (χ2n) is 4.64. The van der Waals surface area contributed by atoms with Crippen LogP contribution in [0.25, 0.3) is 0 Å². The van der Waals surface area contributed by atoms with E-state index in [0.29, 0.717) is 6.42 Å². The molecule has 0 amide bonds. The number of rotatable bonds is 8. The van der Waals surface area contributed by atoms with Crippen molar-refractivity contribution >= 4 is 21.9 Å². The van der Waals surface area contributed by atoms with Crippen LogP contribution in [0.3, 0.4) is 0 Å². The van der Waals surface area contributed by atoms with E-state index < -0.39 is 16.1 Å². The quantitative estimate of drug-likeness (QED) is 0.293. The van der Waals surface area contributed by atoms with Crippen LogP contribution in [0.5, 0.6) is 0 Å². The van der Waals surface area contributed by atoms with Gasteiger partial charge in [0, 0.05) is 18.4 Å². The Bertz CT molecular complexity index is 616. The summed E-state index contributed by atoms with van der Waals surface area (Å²) in [5, 5.41) is 0. The van der Waals surface area contributed by atoms with Crippen molar-refractivity contribution < 1.29 is 53.2 Å². The molecule has 0 saturated heterocycles. The molecule has 0 unspecified atom stereocenters. The Balaban J connectivity index is 0. The van der Waals surface area contributed by atoms with Gasteiger partial charge < -0.3 is 5.61 Å². The zero-order valence-electron chi connectivity index (χ0n) is 14.3. The van der Waals surface area contributed by atoms with Gasteiger partial charge in [0.2, 0.25) is 0 Å². The van der Waals surface area contributed by atoms with E-state index in [4.69, 9.17) is 0 Å². The van der Waals surface area contributed by atoms with Crippen molar-refractivity contribution in [3.05, 3.63) is 29.8 Å². The van der Waals surface area contributed by atoms with Crippen LogP contribution >= 0.6 is 0 Å². The molecule has 22 heavy (non-hydrogen) atoms. The first-order valence-corrected chi connectivity index (χ1v) is 8.42. The Kier molecular flexibility index (Phi) is 9.84. The monoisotopic (exact) mass is 336 g/mol. The molecule has 0 aromatic heterocycles. The summed E-state index contributed by atoms with van der Waals surface area (Å²) in [4.78, 5) is 23.1. The summed E-state index contributed by atoms with van der Waals surface area (Å²) in [6.07, 6.45) is 2.57. The Morgan fingerprint density at radius 3 is 2.36 bits per heavy atom. The van der Waals surface area contributed by atoms with Crippen LogP contribution in [0.2, 0.25) is 0 Å². The third-order valence-corrected chi connectivity index (χ3v) is 4.27. The van der Waals surface area contributed by atoms with Gasteiger partial charge in [0.25, 0.3) is 0 Å². The number of Topliss-reactive ketones (excluding diaryl/α,β-unsaturated/α-hetero) is 1. The first kappa shape index (κ1) is 21.3. The molecule has 0 atom stereocenters.